The zero-order valence-corrected chi connectivity index (χ0v) is 16.9. The summed E-state index contributed by atoms with van der Waals surface area (Å²) in [4.78, 5) is 14.1. The van der Waals surface area contributed by atoms with Crippen molar-refractivity contribution in [2.24, 2.45) is 4.99 Å². The number of methoxy groups -OCH3 is 1. The van der Waals surface area contributed by atoms with Crippen molar-refractivity contribution in [3.63, 3.8) is 0 Å². The lowest BCUT2D eigenvalue weighted by atomic mass is 10.1. The number of rotatable bonds is 7. The van der Waals surface area contributed by atoms with E-state index < -0.39 is 0 Å². The minimum Gasteiger partial charge on any atom is -0.380 e. The van der Waals surface area contributed by atoms with Gasteiger partial charge in [-0.1, -0.05) is 36.4 Å². The van der Waals surface area contributed by atoms with Crippen LogP contribution in [-0.2, 0) is 24.4 Å². The highest BCUT2D eigenvalue weighted by molar-refractivity contribution is 5.79. The highest BCUT2D eigenvalue weighted by Gasteiger charge is 2.11. The van der Waals surface area contributed by atoms with Crippen molar-refractivity contribution in [1.82, 2.24) is 20.2 Å². The normalized spacial score (nSPS) is 11.5. The van der Waals surface area contributed by atoms with Crippen LogP contribution in [-0.4, -0.2) is 42.0 Å². The Bertz CT molecular complexity index is 955. The number of imidazole rings is 1. The van der Waals surface area contributed by atoms with Crippen LogP contribution in [0.25, 0.3) is 11.3 Å². The number of aliphatic imine (C=N–C) groups is 1. The fourth-order valence-electron chi connectivity index (χ4n) is 3.08. The van der Waals surface area contributed by atoms with Crippen LogP contribution in [0.3, 0.4) is 0 Å². The Hall–Kier alpha value is -3.19. The quantitative estimate of drug-likeness (QED) is 0.474. The number of hydrogen-bond acceptors (Lipinski definition) is 3. The second-order valence-corrected chi connectivity index (χ2v) is 6.73. The molecular formula is C22H26FN5O. The molecule has 1 aromatic heterocycles. The lowest BCUT2D eigenvalue weighted by molar-refractivity contribution is 0.181. The first kappa shape index (κ1) is 20.5. The fraction of sp³-hybridized carbons (Fsp3) is 0.273. The van der Waals surface area contributed by atoms with E-state index in [9.17, 15) is 4.39 Å². The van der Waals surface area contributed by atoms with E-state index in [1.165, 1.54) is 6.07 Å². The molecule has 0 saturated heterocycles. The van der Waals surface area contributed by atoms with E-state index in [1.807, 2.05) is 48.5 Å². The van der Waals surface area contributed by atoms with E-state index in [4.69, 9.17) is 4.74 Å². The highest BCUT2D eigenvalue weighted by Crippen LogP contribution is 2.16. The largest absolute Gasteiger partial charge is 0.380 e. The van der Waals surface area contributed by atoms with Crippen LogP contribution >= 0.6 is 0 Å². The van der Waals surface area contributed by atoms with Gasteiger partial charge in [0.2, 0.25) is 0 Å². The first-order chi connectivity index (χ1) is 14.1. The van der Waals surface area contributed by atoms with Crippen molar-refractivity contribution in [2.45, 2.75) is 19.7 Å². The van der Waals surface area contributed by atoms with Crippen LogP contribution < -0.4 is 5.32 Å². The lowest BCUT2D eigenvalue weighted by Crippen LogP contribution is -2.38. The van der Waals surface area contributed by atoms with Gasteiger partial charge in [-0.25, -0.2) is 9.37 Å². The molecule has 29 heavy (non-hydrogen) atoms. The number of nitrogens with one attached hydrogen (secondary N) is 2. The maximum atomic E-state index is 13.8. The third kappa shape index (κ3) is 5.42. The van der Waals surface area contributed by atoms with Crippen LogP contribution in [0.2, 0.25) is 0 Å². The first-order valence-corrected chi connectivity index (χ1v) is 9.38. The average Bonchev–Trinajstić information content (AvgIpc) is 3.20. The molecule has 0 unspecified atom stereocenters. The molecule has 1 heterocycles. The molecular weight excluding hydrogens is 369 g/mol. The Morgan fingerprint density at radius 2 is 2.03 bits per heavy atom. The van der Waals surface area contributed by atoms with Gasteiger partial charge >= 0.3 is 0 Å². The summed E-state index contributed by atoms with van der Waals surface area (Å²) in [6.07, 6.45) is 1.84. The number of aromatic nitrogens is 2. The molecule has 2 aromatic carbocycles. The summed E-state index contributed by atoms with van der Waals surface area (Å²) in [6, 6.07) is 15.1. The number of ether oxygens (including phenoxy) is 1. The summed E-state index contributed by atoms with van der Waals surface area (Å²) in [5.41, 5.74) is 3.57. The van der Waals surface area contributed by atoms with Crippen molar-refractivity contribution >= 4 is 5.96 Å². The van der Waals surface area contributed by atoms with Crippen molar-refractivity contribution in [2.75, 3.05) is 21.2 Å². The first-order valence-electron chi connectivity index (χ1n) is 9.38. The van der Waals surface area contributed by atoms with E-state index in [1.54, 1.807) is 26.3 Å². The molecule has 3 rings (SSSR count). The van der Waals surface area contributed by atoms with Gasteiger partial charge in [0.15, 0.2) is 5.96 Å². The van der Waals surface area contributed by atoms with Crippen LogP contribution in [0.1, 0.15) is 17.0 Å². The molecule has 152 valence electrons. The van der Waals surface area contributed by atoms with Crippen molar-refractivity contribution < 1.29 is 9.13 Å². The monoisotopic (exact) mass is 395 g/mol. The summed E-state index contributed by atoms with van der Waals surface area (Å²) in [6.45, 7) is 1.35. The third-order valence-corrected chi connectivity index (χ3v) is 4.53. The predicted octanol–water partition coefficient (Wildman–Crippen LogP) is 3.57. The molecule has 0 fully saturated rings. The van der Waals surface area contributed by atoms with E-state index >= 15 is 0 Å². The predicted molar refractivity (Wildman–Crippen MR) is 113 cm³/mol. The Labute approximate surface area is 170 Å². The number of H-pyrrole nitrogens is 1. The van der Waals surface area contributed by atoms with Crippen molar-refractivity contribution in [3.8, 4) is 11.3 Å². The van der Waals surface area contributed by atoms with Gasteiger partial charge in [0, 0.05) is 33.3 Å². The highest BCUT2D eigenvalue weighted by atomic mass is 19.1. The van der Waals surface area contributed by atoms with Gasteiger partial charge in [-0.3, -0.25) is 4.99 Å². The Morgan fingerprint density at radius 1 is 1.24 bits per heavy atom. The van der Waals surface area contributed by atoms with Gasteiger partial charge in [-0.2, -0.15) is 0 Å². The van der Waals surface area contributed by atoms with Gasteiger partial charge in [0.1, 0.15) is 11.6 Å². The van der Waals surface area contributed by atoms with Gasteiger partial charge < -0.3 is 19.9 Å². The zero-order valence-electron chi connectivity index (χ0n) is 16.9. The molecule has 0 aliphatic heterocycles. The number of halogens is 1. The summed E-state index contributed by atoms with van der Waals surface area (Å²) in [5, 5.41) is 3.30. The Morgan fingerprint density at radius 3 is 2.76 bits per heavy atom. The van der Waals surface area contributed by atoms with Crippen LogP contribution in [0.4, 0.5) is 4.39 Å². The molecule has 2 N–H and O–H groups in total. The van der Waals surface area contributed by atoms with E-state index in [2.05, 4.69) is 20.3 Å². The molecule has 0 bridgehead atoms. The third-order valence-electron chi connectivity index (χ3n) is 4.53. The summed E-state index contributed by atoms with van der Waals surface area (Å²) >= 11 is 0. The number of guanidine groups is 1. The van der Waals surface area contributed by atoms with Gasteiger partial charge in [-0.15, -0.1) is 0 Å². The van der Waals surface area contributed by atoms with E-state index in [-0.39, 0.29) is 12.4 Å². The summed E-state index contributed by atoms with van der Waals surface area (Å²) < 4.78 is 18.8. The van der Waals surface area contributed by atoms with E-state index in [0.29, 0.717) is 18.7 Å². The molecule has 0 radical (unpaired) electrons. The smallest absolute Gasteiger partial charge is 0.194 e. The second kappa shape index (κ2) is 9.84. The van der Waals surface area contributed by atoms with Crippen LogP contribution in [0.15, 0.2) is 59.7 Å². The van der Waals surface area contributed by atoms with Crippen LogP contribution in [0, 0.1) is 5.82 Å². The van der Waals surface area contributed by atoms with Gasteiger partial charge in [0.05, 0.1) is 25.0 Å². The Kier molecular flexibility index (Phi) is 6.97. The minimum absolute atomic E-state index is 0.247. The maximum absolute atomic E-state index is 13.8. The zero-order chi connectivity index (χ0) is 20.6. The number of hydrogen-bond donors (Lipinski definition) is 2. The molecule has 0 saturated carbocycles. The van der Waals surface area contributed by atoms with Gasteiger partial charge in [-0.05, 0) is 23.3 Å². The minimum atomic E-state index is -0.260. The molecule has 0 aliphatic carbocycles. The number of nitrogens with zero attached hydrogens (tertiary/aromatic N) is 3. The molecule has 0 atom stereocenters. The SMILES string of the molecule is CN=C(NCc1ccc(F)c(COC)c1)N(C)Cc1ncc(-c2ccccc2)[nH]1. The molecule has 0 amide bonds. The maximum Gasteiger partial charge on any atom is 0.194 e. The van der Waals surface area contributed by atoms with Gasteiger partial charge in [0.25, 0.3) is 0 Å². The molecule has 3 aromatic rings. The van der Waals surface area contributed by atoms with Crippen molar-refractivity contribution in [1.29, 1.82) is 0 Å². The molecule has 0 spiro atoms. The average molecular weight is 395 g/mol. The Balaban J connectivity index is 1.60. The topological polar surface area (TPSA) is 65.5 Å². The lowest BCUT2D eigenvalue weighted by Gasteiger charge is -2.21. The number of aromatic amines is 1. The summed E-state index contributed by atoms with van der Waals surface area (Å²) in [5.74, 6) is 1.31. The van der Waals surface area contributed by atoms with Crippen molar-refractivity contribution in [3.05, 3.63) is 77.5 Å². The fourth-order valence-corrected chi connectivity index (χ4v) is 3.08. The molecule has 7 heteroatoms. The second-order valence-electron chi connectivity index (χ2n) is 6.73. The standard InChI is InChI=1S/C22H26FN5O/c1-24-22(26-12-16-9-10-19(23)18(11-16)15-29-3)28(2)14-21-25-13-20(27-21)17-7-5-4-6-8-17/h4-11,13H,12,14-15H2,1-3H3,(H,24,26)(H,25,27). The van der Waals surface area contributed by atoms with Crippen LogP contribution in [0.5, 0.6) is 0 Å². The molecule has 0 aliphatic rings. The van der Waals surface area contributed by atoms with E-state index in [0.717, 1.165) is 28.6 Å². The summed E-state index contributed by atoms with van der Waals surface area (Å²) in [7, 11) is 5.23. The number of benzene rings is 2. The molecule has 6 nitrogen and oxygen atoms in total.